The average molecular weight is 794 g/mol. The minimum atomic E-state index is -6.37. The number of aryl methyl sites for hydroxylation is 1. The summed E-state index contributed by atoms with van der Waals surface area (Å²) < 4.78 is 135. The number of nitrogens with zero attached hydrogens (tertiary/aromatic N) is 1. The van der Waals surface area contributed by atoms with Gasteiger partial charge < -0.3 is 0 Å². The topological polar surface area (TPSA) is 91.8 Å². The number of amides is 1. The van der Waals surface area contributed by atoms with Crippen molar-refractivity contribution >= 4 is 57.1 Å². The SMILES string of the molecule is O=BC1CCC(O)(C(=O)N2CCC3(S(=O)(=O)c4ccc(I)c(Cl)c4)c4ccc(C(F)(C(F)(F)F)C(F)(F)F)cc4CCC23)CC1. The molecule has 0 radical (unpaired) electrons. The van der Waals surface area contributed by atoms with E-state index in [4.69, 9.17) is 11.6 Å². The van der Waals surface area contributed by atoms with Crippen LogP contribution in [0, 0.1) is 3.57 Å². The Labute approximate surface area is 273 Å². The van der Waals surface area contributed by atoms with Crippen molar-refractivity contribution < 1.29 is 53.8 Å². The molecule has 244 valence electrons. The zero-order valence-electron chi connectivity index (χ0n) is 23.2. The van der Waals surface area contributed by atoms with Crippen molar-refractivity contribution in [3.63, 3.8) is 0 Å². The Morgan fingerprint density at radius 1 is 0.978 bits per heavy atom. The molecule has 2 atom stereocenters. The Hall–Kier alpha value is -1.79. The summed E-state index contributed by atoms with van der Waals surface area (Å²) in [5.41, 5.74) is -9.75. The van der Waals surface area contributed by atoms with Crippen molar-refractivity contribution in [2.75, 3.05) is 6.54 Å². The van der Waals surface area contributed by atoms with Crippen molar-refractivity contribution in [1.29, 1.82) is 0 Å². The van der Waals surface area contributed by atoms with Crippen LogP contribution in [0.15, 0.2) is 41.3 Å². The fourth-order valence-corrected chi connectivity index (χ4v) is 10.0. The minimum absolute atomic E-state index is 0.0572. The molecule has 2 unspecified atom stereocenters. The number of hydrogen-bond acceptors (Lipinski definition) is 5. The molecule has 5 rings (SSSR count). The third kappa shape index (κ3) is 5.23. The maximum atomic E-state index is 15.0. The average Bonchev–Trinajstić information content (AvgIpc) is 3.38. The van der Waals surface area contributed by atoms with Crippen LogP contribution >= 0.6 is 34.2 Å². The van der Waals surface area contributed by atoms with Crippen molar-refractivity contribution in [2.45, 2.75) is 90.1 Å². The van der Waals surface area contributed by atoms with E-state index < -0.39 is 55.7 Å². The third-order valence-electron chi connectivity index (χ3n) is 9.46. The van der Waals surface area contributed by atoms with Gasteiger partial charge in [0.05, 0.1) is 0 Å². The van der Waals surface area contributed by atoms with Crippen LogP contribution in [-0.4, -0.2) is 62.0 Å². The summed E-state index contributed by atoms with van der Waals surface area (Å²) in [6, 6.07) is 4.14. The fraction of sp³-hybridized carbons (Fsp3) is 0.536. The van der Waals surface area contributed by atoms with E-state index in [9.17, 15) is 49.4 Å². The van der Waals surface area contributed by atoms with Crippen LogP contribution in [0.1, 0.15) is 55.2 Å². The number of rotatable bonds is 5. The molecular formula is C28H25BClF7INO5S. The zero-order valence-corrected chi connectivity index (χ0v) is 26.9. The molecule has 0 bridgehead atoms. The molecule has 0 spiro atoms. The molecule has 17 heteroatoms. The van der Waals surface area contributed by atoms with Crippen molar-refractivity contribution in [3.05, 3.63) is 61.7 Å². The monoisotopic (exact) mass is 793 g/mol. The Morgan fingerprint density at radius 3 is 2.16 bits per heavy atom. The standard InChI is InChI=1S/C28H25BClF7INO5S/c30-20-14-18(3-5-21(20)38)45(43,44)25-11-12-39(23(40)24(41)9-7-17(29-42)8-10-24)22(25)6-1-15-13-16(2-4-19(15)25)26(31,27(32,33)34)28(35,36)37/h2-5,13-14,17,22,41H,1,6-12H2. The van der Waals surface area contributed by atoms with Gasteiger partial charge in [-0.15, -0.1) is 0 Å². The third-order valence-corrected chi connectivity index (χ3v) is 13.6. The number of carbonyl (C=O) groups is 1. The van der Waals surface area contributed by atoms with Crippen LogP contribution < -0.4 is 0 Å². The zero-order chi connectivity index (χ0) is 33.4. The van der Waals surface area contributed by atoms with Crippen LogP contribution in [-0.2, 0) is 36.2 Å². The predicted molar refractivity (Wildman–Crippen MR) is 156 cm³/mol. The maximum absolute atomic E-state index is 15.0. The molecule has 1 aliphatic heterocycles. The molecule has 1 saturated carbocycles. The van der Waals surface area contributed by atoms with E-state index in [1.54, 1.807) is 0 Å². The quantitative estimate of drug-likeness (QED) is 0.210. The normalized spacial score (nSPS) is 27.5. The van der Waals surface area contributed by atoms with E-state index in [1.807, 2.05) is 22.6 Å². The molecule has 2 aromatic rings. The van der Waals surface area contributed by atoms with Gasteiger partial charge in [-0.2, -0.15) is 26.3 Å². The van der Waals surface area contributed by atoms with Crippen LogP contribution in [0.5, 0.6) is 0 Å². The number of halogens is 9. The van der Waals surface area contributed by atoms with E-state index in [0.29, 0.717) is 15.7 Å². The molecule has 0 aromatic heterocycles. The molecule has 3 aliphatic rings. The van der Waals surface area contributed by atoms with Gasteiger partial charge in [-0.25, -0.2) is 4.39 Å². The summed E-state index contributed by atoms with van der Waals surface area (Å²) in [4.78, 5) is 14.8. The van der Waals surface area contributed by atoms with Gasteiger partial charge in [-0.1, -0.05) is 11.6 Å². The van der Waals surface area contributed by atoms with Gasteiger partial charge >= 0.3 is 206 Å². The van der Waals surface area contributed by atoms with E-state index in [1.165, 1.54) is 23.1 Å². The molecular weight excluding hydrogens is 769 g/mol. The molecule has 2 fully saturated rings. The molecule has 1 amide bonds. The van der Waals surface area contributed by atoms with E-state index in [0.717, 1.165) is 13.2 Å². The molecule has 45 heavy (non-hydrogen) atoms. The van der Waals surface area contributed by atoms with Crippen LogP contribution in [0.3, 0.4) is 0 Å². The summed E-state index contributed by atoms with van der Waals surface area (Å²) in [7, 11) is -3.86. The first-order valence-electron chi connectivity index (χ1n) is 13.9. The summed E-state index contributed by atoms with van der Waals surface area (Å²) in [6.45, 7) is -0.209. The summed E-state index contributed by atoms with van der Waals surface area (Å²) in [6.07, 6.45) is -13.2. The van der Waals surface area contributed by atoms with Gasteiger partial charge in [0.15, 0.2) is 0 Å². The predicted octanol–water partition coefficient (Wildman–Crippen LogP) is 6.59. The first-order chi connectivity index (χ1) is 20.7. The number of hydrogen-bond donors (Lipinski definition) is 1. The molecule has 2 aromatic carbocycles. The van der Waals surface area contributed by atoms with Gasteiger partial charge in [0.25, 0.3) is 0 Å². The Morgan fingerprint density at radius 2 is 1.60 bits per heavy atom. The summed E-state index contributed by atoms with van der Waals surface area (Å²) in [5.74, 6) is -1.12. The number of likely N-dealkylation sites (tertiary alicyclic amines) is 1. The Kier molecular flexibility index (Phi) is 8.77. The first-order valence-corrected chi connectivity index (χ1v) is 16.8. The fourth-order valence-electron chi connectivity index (χ4n) is 7.06. The number of fused-ring (bicyclic) bond motifs is 3. The summed E-state index contributed by atoms with van der Waals surface area (Å²) in [5, 5.41) is 11.4. The van der Waals surface area contributed by atoms with Crippen LogP contribution in [0.25, 0.3) is 0 Å². The Bertz CT molecular complexity index is 1630. The second-order valence-electron chi connectivity index (χ2n) is 11.8. The summed E-state index contributed by atoms with van der Waals surface area (Å²) >= 11 is 8.10. The van der Waals surface area contributed by atoms with Crippen LogP contribution in [0.4, 0.5) is 30.7 Å². The number of aliphatic hydroxyl groups is 1. The molecule has 1 N–H and O–H groups in total. The van der Waals surface area contributed by atoms with Gasteiger partial charge in [-0.3, -0.25) is 0 Å². The number of benzene rings is 2. The van der Waals surface area contributed by atoms with Crippen LogP contribution in [0.2, 0.25) is 10.8 Å². The number of alkyl halides is 7. The van der Waals surface area contributed by atoms with E-state index >= 15 is 4.39 Å². The molecule has 6 nitrogen and oxygen atoms in total. The second-order valence-corrected chi connectivity index (χ2v) is 15.6. The molecule has 1 saturated heterocycles. The van der Waals surface area contributed by atoms with Gasteiger partial charge in [-0.05, 0) is 22.6 Å². The van der Waals surface area contributed by atoms with Crippen molar-refractivity contribution in [1.82, 2.24) is 4.90 Å². The van der Waals surface area contributed by atoms with Gasteiger partial charge in [0.2, 0.25) is 0 Å². The molecule has 1 heterocycles. The van der Waals surface area contributed by atoms with Gasteiger partial charge in [0.1, 0.15) is 0 Å². The van der Waals surface area contributed by atoms with Gasteiger partial charge in [0, 0.05) is 3.57 Å². The molecule has 2 aliphatic carbocycles. The van der Waals surface area contributed by atoms with Crippen molar-refractivity contribution in [3.8, 4) is 0 Å². The number of carbonyl (C=O) groups excluding carboxylic acids is 1. The Balaban J connectivity index is 1.67. The van der Waals surface area contributed by atoms with E-state index in [2.05, 4.69) is 0 Å². The van der Waals surface area contributed by atoms with Crippen molar-refractivity contribution in [2.24, 2.45) is 0 Å². The van der Waals surface area contributed by atoms with E-state index in [-0.39, 0.29) is 78.4 Å². The number of sulfone groups is 1. The first kappa shape index (κ1) is 34.5. The second kappa shape index (κ2) is 11.4.